The fourth-order valence-corrected chi connectivity index (χ4v) is 3.70. The van der Waals surface area contributed by atoms with E-state index in [-0.39, 0.29) is 5.56 Å². The number of aryl methyl sites for hydroxylation is 1. The lowest BCUT2D eigenvalue weighted by molar-refractivity contribution is -0.141. The van der Waals surface area contributed by atoms with Gasteiger partial charge in [-0.25, -0.2) is 4.98 Å². The Balaban J connectivity index is 1.63. The average molecular weight is 466 g/mol. The summed E-state index contributed by atoms with van der Waals surface area (Å²) >= 11 is 0. The van der Waals surface area contributed by atoms with Gasteiger partial charge < -0.3 is 15.0 Å². The second-order valence-corrected chi connectivity index (χ2v) is 7.75. The van der Waals surface area contributed by atoms with Crippen LogP contribution >= 0.6 is 0 Å². The lowest BCUT2D eigenvalue weighted by Crippen LogP contribution is -2.36. The molecule has 1 saturated heterocycles. The number of halogens is 3. The minimum absolute atomic E-state index is 0.140. The molecule has 0 aliphatic carbocycles. The molecular weight excluding hydrogens is 445 g/mol. The van der Waals surface area contributed by atoms with Crippen LogP contribution in [0.1, 0.15) is 27.3 Å². The number of pyridine rings is 2. The third-order valence-electron chi connectivity index (χ3n) is 5.48. The standard InChI is InChI=1S/C25H21F3N4O2/c1-3-21-22(32-8-10-34-11-9-32)12-18(15-30-21)20-14-19(5-4-16(20)2)31-24(33)17-6-7-29-23(13-17)25(26,27)28/h1,4-7,12-15H,8-11H2,2H3,(H,31,33). The molecule has 1 amide bonds. The van der Waals surface area contributed by atoms with Gasteiger partial charge in [0.15, 0.2) is 0 Å². The molecular formula is C25H21F3N4O2. The van der Waals surface area contributed by atoms with Crippen molar-refractivity contribution >= 4 is 17.3 Å². The van der Waals surface area contributed by atoms with E-state index >= 15 is 0 Å². The van der Waals surface area contributed by atoms with Crippen molar-refractivity contribution in [2.24, 2.45) is 0 Å². The molecule has 6 nitrogen and oxygen atoms in total. The molecule has 0 spiro atoms. The first-order valence-corrected chi connectivity index (χ1v) is 10.5. The summed E-state index contributed by atoms with van der Waals surface area (Å²) in [7, 11) is 0. The number of nitrogens with zero attached hydrogens (tertiary/aromatic N) is 3. The fraction of sp³-hybridized carbons (Fsp3) is 0.240. The molecule has 9 heteroatoms. The van der Waals surface area contributed by atoms with Gasteiger partial charge in [-0.1, -0.05) is 6.07 Å². The van der Waals surface area contributed by atoms with Crippen LogP contribution in [0.4, 0.5) is 24.5 Å². The molecule has 1 aromatic carbocycles. The molecule has 0 unspecified atom stereocenters. The molecule has 0 saturated carbocycles. The monoisotopic (exact) mass is 466 g/mol. The van der Waals surface area contributed by atoms with Crippen LogP contribution in [0.3, 0.4) is 0 Å². The van der Waals surface area contributed by atoms with Crippen molar-refractivity contribution in [3.8, 4) is 23.5 Å². The number of hydrogen-bond donors (Lipinski definition) is 1. The van der Waals surface area contributed by atoms with Crippen molar-refractivity contribution in [2.75, 3.05) is 36.5 Å². The van der Waals surface area contributed by atoms with Gasteiger partial charge in [-0.15, -0.1) is 6.42 Å². The van der Waals surface area contributed by atoms with E-state index in [1.165, 1.54) is 6.07 Å². The molecule has 174 valence electrons. The SMILES string of the molecule is C#Cc1ncc(-c2cc(NC(=O)c3ccnc(C(F)(F)F)c3)ccc2C)cc1N1CCOCC1. The Kier molecular flexibility index (Phi) is 6.52. The normalized spacial score (nSPS) is 13.9. The van der Waals surface area contributed by atoms with E-state index in [4.69, 9.17) is 11.2 Å². The Morgan fingerprint density at radius 1 is 1.15 bits per heavy atom. The molecule has 3 heterocycles. The second kappa shape index (κ2) is 9.53. The number of nitrogens with one attached hydrogen (secondary N) is 1. The van der Waals surface area contributed by atoms with Gasteiger partial charge in [0.05, 0.1) is 18.9 Å². The number of amides is 1. The Morgan fingerprint density at radius 2 is 1.91 bits per heavy atom. The van der Waals surface area contributed by atoms with Crippen molar-refractivity contribution < 1.29 is 22.7 Å². The van der Waals surface area contributed by atoms with Crippen LogP contribution in [0, 0.1) is 19.3 Å². The number of rotatable bonds is 4. The Morgan fingerprint density at radius 3 is 2.62 bits per heavy atom. The van der Waals surface area contributed by atoms with Crippen molar-refractivity contribution in [1.29, 1.82) is 0 Å². The molecule has 0 bridgehead atoms. The number of carbonyl (C=O) groups is 1. The Labute approximate surface area is 194 Å². The van der Waals surface area contributed by atoms with Gasteiger partial charge in [-0.2, -0.15) is 13.2 Å². The number of hydrogen-bond acceptors (Lipinski definition) is 5. The summed E-state index contributed by atoms with van der Waals surface area (Å²) in [6.07, 6.45) is 3.65. The average Bonchev–Trinajstić information content (AvgIpc) is 2.85. The smallest absolute Gasteiger partial charge is 0.378 e. The summed E-state index contributed by atoms with van der Waals surface area (Å²) in [4.78, 5) is 22.5. The molecule has 1 N–H and O–H groups in total. The minimum Gasteiger partial charge on any atom is -0.378 e. The number of ether oxygens (including phenoxy) is 1. The number of anilines is 2. The molecule has 0 atom stereocenters. The van der Waals surface area contributed by atoms with Gasteiger partial charge >= 0.3 is 6.18 Å². The summed E-state index contributed by atoms with van der Waals surface area (Å²) in [6.45, 7) is 4.50. The number of terminal acetylenes is 1. The minimum atomic E-state index is -4.64. The highest BCUT2D eigenvalue weighted by molar-refractivity contribution is 6.04. The third kappa shape index (κ3) is 5.02. The van der Waals surface area contributed by atoms with Gasteiger partial charge in [0.25, 0.3) is 5.91 Å². The maximum Gasteiger partial charge on any atom is 0.433 e. The molecule has 1 fully saturated rings. The number of morpholine rings is 1. The van der Waals surface area contributed by atoms with Crippen molar-refractivity contribution in [2.45, 2.75) is 13.1 Å². The van der Waals surface area contributed by atoms with Crippen molar-refractivity contribution in [1.82, 2.24) is 9.97 Å². The van der Waals surface area contributed by atoms with Gasteiger partial charge in [-0.05, 0) is 54.3 Å². The summed E-state index contributed by atoms with van der Waals surface area (Å²) < 4.78 is 44.2. The molecule has 3 aromatic rings. The molecule has 4 rings (SSSR count). The van der Waals surface area contributed by atoms with E-state index < -0.39 is 17.8 Å². The Bertz CT molecular complexity index is 1260. The van der Waals surface area contributed by atoms with E-state index in [0.717, 1.165) is 34.6 Å². The van der Waals surface area contributed by atoms with Crippen LogP contribution in [0.5, 0.6) is 0 Å². The molecule has 1 aliphatic rings. The van der Waals surface area contributed by atoms with Gasteiger partial charge in [-0.3, -0.25) is 9.78 Å². The van der Waals surface area contributed by atoms with E-state index in [9.17, 15) is 18.0 Å². The highest BCUT2D eigenvalue weighted by Gasteiger charge is 2.33. The number of aromatic nitrogens is 2. The maximum atomic E-state index is 12.9. The van der Waals surface area contributed by atoms with Gasteiger partial charge in [0.1, 0.15) is 11.4 Å². The van der Waals surface area contributed by atoms with E-state index in [1.54, 1.807) is 18.3 Å². The van der Waals surface area contributed by atoms with Crippen molar-refractivity contribution in [3.05, 3.63) is 71.3 Å². The highest BCUT2D eigenvalue weighted by atomic mass is 19.4. The van der Waals surface area contributed by atoms with E-state index in [2.05, 4.69) is 26.1 Å². The van der Waals surface area contributed by atoms with E-state index in [0.29, 0.717) is 37.7 Å². The zero-order chi connectivity index (χ0) is 24.3. The lowest BCUT2D eigenvalue weighted by atomic mass is 10.00. The first-order valence-electron chi connectivity index (χ1n) is 10.5. The number of alkyl halides is 3. The quantitative estimate of drug-likeness (QED) is 0.572. The third-order valence-corrected chi connectivity index (χ3v) is 5.48. The predicted octanol–water partition coefficient (Wildman–Crippen LogP) is 4.54. The Hall–Kier alpha value is -3.90. The maximum absolute atomic E-state index is 12.9. The summed E-state index contributed by atoms with van der Waals surface area (Å²) in [6, 6.07) is 9.18. The van der Waals surface area contributed by atoms with Crippen LogP contribution in [-0.4, -0.2) is 42.2 Å². The number of benzene rings is 1. The second-order valence-electron chi connectivity index (χ2n) is 7.75. The van der Waals surface area contributed by atoms with Crippen LogP contribution in [0.2, 0.25) is 0 Å². The molecule has 34 heavy (non-hydrogen) atoms. The van der Waals surface area contributed by atoms with E-state index in [1.807, 2.05) is 19.1 Å². The molecule has 1 aliphatic heterocycles. The van der Waals surface area contributed by atoms with Crippen molar-refractivity contribution in [3.63, 3.8) is 0 Å². The molecule has 0 radical (unpaired) electrons. The summed E-state index contributed by atoms with van der Waals surface area (Å²) in [5, 5.41) is 2.66. The topological polar surface area (TPSA) is 67.4 Å². The highest BCUT2D eigenvalue weighted by Crippen LogP contribution is 2.31. The summed E-state index contributed by atoms with van der Waals surface area (Å²) in [5.41, 5.74) is 3.08. The first-order chi connectivity index (χ1) is 16.3. The lowest BCUT2D eigenvalue weighted by Gasteiger charge is -2.29. The largest absolute Gasteiger partial charge is 0.433 e. The van der Waals surface area contributed by atoms with Gasteiger partial charge in [0.2, 0.25) is 0 Å². The summed E-state index contributed by atoms with van der Waals surface area (Å²) in [5.74, 6) is 1.95. The van der Waals surface area contributed by atoms with Crippen LogP contribution in [0.15, 0.2) is 48.8 Å². The number of carbonyl (C=O) groups excluding carboxylic acids is 1. The molecule has 2 aromatic heterocycles. The van der Waals surface area contributed by atoms with Gasteiger partial charge in [0, 0.05) is 42.3 Å². The fourth-order valence-electron chi connectivity index (χ4n) is 3.70. The van der Waals surface area contributed by atoms with Crippen LogP contribution < -0.4 is 10.2 Å². The zero-order valence-electron chi connectivity index (χ0n) is 18.3. The first kappa shape index (κ1) is 23.3. The van der Waals surface area contributed by atoms with Crippen LogP contribution in [-0.2, 0) is 10.9 Å². The zero-order valence-corrected chi connectivity index (χ0v) is 18.3. The predicted molar refractivity (Wildman–Crippen MR) is 123 cm³/mol. The van der Waals surface area contributed by atoms with Crippen LogP contribution in [0.25, 0.3) is 11.1 Å².